The number of hydrogen-bond acceptors (Lipinski definition) is 2. The van der Waals surface area contributed by atoms with Gasteiger partial charge in [-0.05, 0) is 50.2 Å². The maximum atomic E-state index is 15.5. The van der Waals surface area contributed by atoms with E-state index in [4.69, 9.17) is 0 Å². The fourth-order valence-electron chi connectivity index (χ4n) is 4.26. The lowest BCUT2D eigenvalue weighted by Gasteiger charge is -2.33. The summed E-state index contributed by atoms with van der Waals surface area (Å²) < 4.78 is 74.2. The van der Waals surface area contributed by atoms with Gasteiger partial charge < -0.3 is 22.3 Å². The molecule has 2 aliphatic heterocycles. The molecule has 4 rings (SSSR count). The Labute approximate surface area is 163 Å². The Hall–Kier alpha value is -2.91. The van der Waals surface area contributed by atoms with E-state index in [1.807, 2.05) is 0 Å². The highest BCUT2D eigenvalue weighted by molar-refractivity contribution is 6.58. The highest BCUT2D eigenvalue weighted by Gasteiger charge is 2.55. The average molecular weight is 409 g/mol. The van der Waals surface area contributed by atoms with Crippen molar-refractivity contribution in [1.82, 2.24) is 9.46 Å². The van der Waals surface area contributed by atoms with Gasteiger partial charge in [0, 0.05) is 24.3 Å². The first-order chi connectivity index (χ1) is 13.4. The Morgan fingerprint density at radius 2 is 1.79 bits per heavy atom. The van der Waals surface area contributed by atoms with Gasteiger partial charge in [0.15, 0.2) is 5.70 Å². The smallest absolute Gasteiger partial charge is 0.404 e. The van der Waals surface area contributed by atoms with Crippen molar-refractivity contribution in [2.24, 2.45) is 0 Å². The van der Waals surface area contributed by atoms with E-state index in [2.05, 4.69) is 9.72 Å². The lowest BCUT2D eigenvalue weighted by molar-refractivity contribution is -0.363. The number of allylic oxidation sites excluding steroid dienone is 2. The van der Waals surface area contributed by atoms with Crippen LogP contribution in [0, 0.1) is 13.8 Å². The second-order valence-corrected chi connectivity index (χ2v) is 7.26. The second kappa shape index (κ2) is 6.04. The number of alkyl halides is 3. The summed E-state index contributed by atoms with van der Waals surface area (Å²) in [5, 5.41) is 0. The number of aryl methyl sites for hydroxylation is 2. The van der Waals surface area contributed by atoms with Crippen molar-refractivity contribution in [3.05, 3.63) is 64.4 Å². The van der Waals surface area contributed by atoms with Crippen molar-refractivity contribution in [3.8, 4) is 5.75 Å². The minimum absolute atomic E-state index is 0.288. The summed E-state index contributed by atoms with van der Waals surface area (Å²) in [4.78, 5) is 4.11. The van der Waals surface area contributed by atoms with Gasteiger partial charge in [0.1, 0.15) is 11.5 Å². The Balaban J connectivity index is 1.98. The first kappa shape index (κ1) is 19.4. The number of pyridine rings is 1. The van der Waals surface area contributed by atoms with Gasteiger partial charge in [-0.1, -0.05) is 0 Å². The fourth-order valence-corrected chi connectivity index (χ4v) is 4.26. The van der Waals surface area contributed by atoms with Crippen LogP contribution in [-0.2, 0) is 0 Å². The number of hydrogen-bond donors (Lipinski definition) is 0. The van der Waals surface area contributed by atoms with Crippen molar-refractivity contribution in [1.29, 1.82) is 0 Å². The van der Waals surface area contributed by atoms with Gasteiger partial charge in [0.05, 0.1) is 17.5 Å². The molecule has 0 N–H and O–H groups in total. The molecule has 10 heteroatoms. The normalized spacial score (nSPS) is 18.0. The largest absolute Gasteiger partial charge is 0.737 e. The molecule has 4 heterocycles. The molecule has 0 saturated carbocycles. The van der Waals surface area contributed by atoms with Gasteiger partial charge in [-0.2, -0.15) is 0 Å². The van der Waals surface area contributed by atoms with E-state index in [0.29, 0.717) is 39.5 Å². The molecule has 0 atom stereocenters. The van der Waals surface area contributed by atoms with Gasteiger partial charge in [-0.3, -0.25) is 4.98 Å². The van der Waals surface area contributed by atoms with Crippen LogP contribution >= 0.6 is 0 Å². The van der Waals surface area contributed by atoms with Crippen LogP contribution in [0.2, 0.25) is 0 Å². The van der Waals surface area contributed by atoms with Crippen molar-refractivity contribution < 1.29 is 31.0 Å². The molecule has 0 fully saturated rings. The summed E-state index contributed by atoms with van der Waals surface area (Å²) in [7, 11) is 0. The van der Waals surface area contributed by atoms with Crippen molar-refractivity contribution >= 4 is 18.3 Å². The molecule has 2 aromatic rings. The molecule has 0 saturated heterocycles. The SMILES string of the molecule is CC1=CC(C)=[N+]2C1=C(c1ccc(OC(F)(F)F)cn1)c1c(C)cc(C)n1[B-]2(F)F. The minimum Gasteiger partial charge on any atom is -0.404 e. The summed E-state index contributed by atoms with van der Waals surface area (Å²) in [5.74, 6) is -0.473. The predicted octanol–water partition coefficient (Wildman–Crippen LogP) is 4.83. The molecule has 2 aromatic heterocycles. The summed E-state index contributed by atoms with van der Waals surface area (Å²) in [6.07, 6.45) is -2.22. The molecule has 0 radical (unpaired) electrons. The van der Waals surface area contributed by atoms with Crippen LogP contribution < -0.4 is 4.74 Å². The number of nitrogens with zero attached hydrogens (tertiary/aromatic N) is 3. The number of halogens is 5. The summed E-state index contributed by atoms with van der Waals surface area (Å²) >= 11 is 0. The standard InChI is InChI=1S/C19H17BF5N3O/c1-10-7-12(3)27-17(10)16(15-6-5-14(9-26-15)29-19(21,22)23)18-11(2)8-13(4)28(18)20(27,24)25/h5-9H,1-4H3. The van der Waals surface area contributed by atoms with Crippen LogP contribution in [0.25, 0.3) is 5.57 Å². The zero-order valence-corrected chi connectivity index (χ0v) is 16.1. The minimum atomic E-state index is -4.84. The van der Waals surface area contributed by atoms with Gasteiger partial charge in [0.2, 0.25) is 0 Å². The molecular weight excluding hydrogens is 392 g/mol. The first-order valence-electron chi connectivity index (χ1n) is 8.91. The summed E-state index contributed by atoms with van der Waals surface area (Å²) in [5.41, 5.74) is 3.45. The number of aromatic nitrogens is 2. The molecule has 0 unspecified atom stereocenters. The Bertz CT molecular complexity index is 1120. The molecule has 0 spiro atoms. The zero-order chi connectivity index (χ0) is 21.3. The Kier molecular flexibility index (Phi) is 4.05. The molecule has 152 valence electrons. The van der Waals surface area contributed by atoms with E-state index in [9.17, 15) is 13.2 Å². The van der Waals surface area contributed by atoms with E-state index in [-0.39, 0.29) is 5.69 Å². The molecule has 0 aliphatic carbocycles. The van der Waals surface area contributed by atoms with Gasteiger partial charge in [-0.25, -0.2) is 0 Å². The Morgan fingerprint density at radius 3 is 2.38 bits per heavy atom. The van der Waals surface area contributed by atoms with Gasteiger partial charge >= 0.3 is 13.3 Å². The third-order valence-electron chi connectivity index (χ3n) is 5.16. The fraction of sp³-hybridized carbons (Fsp3) is 0.263. The predicted molar refractivity (Wildman–Crippen MR) is 98.9 cm³/mol. The molecule has 4 nitrogen and oxygen atoms in total. The molecule has 0 amide bonds. The Morgan fingerprint density at radius 1 is 1.10 bits per heavy atom. The highest BCUT2D eigenvalue weighted by atomic mass is 19.4. The number of fused-ring (bicyclic) bond motifs is 2. The molecule has 2 aliphatic rings. The second-order valence-electron chi connectivity index (χ2n) is 7.26. The number of rotatable bonds is 2. The van der Waals surface area contributed by atoms with Crippen LogP contribution in [0.1, 0.15) is 36.5 Å². The summed E-state index contributed by atoms with van der Waals surface area (Å²) in [6, 6.07) is 4.15. The van der Waals surface area contributed by atoms with E-state index in [1.54, 1.807) is 39.8 Å². The highest BCUT2D eigenvalue weighted by Crippen LogP contribution is 2.43. The van der Waals surface area contributed by atoms with E-state index in [1.165, 1.54) is 6.07 Å². The first-order valence-corrected chi connectivity index (χ1v) is 8.91. The van der Waals surface area contributed by atoms with Crippen LogP contribution in [0.3, 0.4) is 0 Å². The monoisotopic (exact) mass is 409 g/mol. The molecule has 0 bridgehead atoms. The third kappa shape index (κ3) is 2.89. The van der Waals surface area contributed by atoms with Crippen LogP contribution in [0.4, 0.5) is 21.8 Å². The van der Waals surface area contributed by atoms with Crippen LogP contribution in [0.5, 0.6) is 5.75 Å². The van der Waals surface area contributed by atoms with Crippen molar-refractivity contribution in [2.45, 2.75) is 34.1 Å². The van der Waals surface area contributed by atoms with Gasteiger partial charge in [0.25, 0.3) is 0 Å². The maximum absolute atomic E-state index is 15.5. The van der Waals surface area contributed by atoms with Crippen molar-refractivity contribution in [2.75, 3.05) is 0 Å². The zero-order valence-electron chi connectivity index (χ0n) is 16.1. The quantitative estimate of drug-likeness (QED) is 0.526. The topological polar surface area (TPSA) is 30.1 Å². The molecular formula is C19H17BF5N3O. The maximum Gasteiger partial charge on any atom is 0.737 e. The number of ether oxygens (including phenoxy) is 1. The van der Waals surface area contributed by atoms with E-state index in [0.717, 1.165) is 21.2 Å². The lowest BCUT2D eigenvalue weighted by Crippen LogP contribution is -2.51. The third-order valence-corrected chi connectivity index (χ3v) is 5.16. The van der Waals surface area contributed by atoms with Crippen LogP contribution in [0.15, 0.2) is 41.7 Å². The van der Waals surface area contributed by atoms with E-state index < -0.39 is 19.1 Å². The average Bonchev–Trinajstić information content (AvgIpc) is 3.05. The van der Waals surface area contributed by atoms with Crippen LogP contribution in [-0.4, -0.2) is 33.0 Å². The lowest BCUT2D eigenvalue weighted by atomic mass is 9.85. The van der Waals surface area contributed by atoms with E-state index >= 15 is 8.63 Å². The summed E-state index contributed by atoms with van der Waals surface area (Å²) in [6.45, 7) is 2.55. The molecule has 29 heavy (non-hydrogen) atoms. The van der Waals surface area contributed by atoms with Crippen molar-refractivity contribution in [3.63, 3.8) is 0 Å². The van der Waals surface area contributed by atoms with Gasteiger partial charge in [-0.15, -0.1) is 13.2 Å². The molecule has 0 aromatic carbocycles.